The minimum Gasteiger partial charge on any atom is -0.244 e. The number of rotatable bonds is 5. The molecule has 2 rings (SSSR count). The fourth-order valence-electron chi connectivity index (χ4n) is 1.79. The lowest BCUT2D eigenvalue weighted by molar-refractivity contribution is 0.484. The van der Waals surface area contributed by atoms with Crippen LogP contribution < -0.4 is 4.31 Å². The van der Waals surface area contributed by atoms with Gasteiger partial charge in [-0.2, -0.15) is 0 Å². The molecule has 0 fully saturated rings. The Morgan fingerprint density at radius 3 is 2.68 bits per heavy atom. The van der Waals surface area contributed by atoms with Gasteiger partial charge in [0.1, 0.15) is 4.90 Å². The van der Waals surface area contributed by atoms with E-state index in [0.29, 0.717) is 0 Å². The molecule has 0 bridgehead atoms. The van der Waals surface area contributed by atoms with E-state index in [9.17, 15) is 17.2 Å². The molecule has 1 aromatic carbocycles. The van der Waals surface area contributed by atoms with Gasteiger partial charge in [0.2, 0.25) is 0 Å². The largest absolute Gasteiger partial charge is 0.268 e. The van der Waals surface area contributed by atoms with Crippen molar-refractivity contribution in [3.63, 3.8) is 0 Å². The highest BCUT2D eigenvalue weighted by molar-refractivity contribution is 7.93. The second kappa shape index (κ2) is 6.29. The Labute approximate surface area is 132 Å². The van der Waals surface area contributed by atoms with Gasteiger partial charge in [0.25, 0.3) is 10.0 Å². The molecule has 0 N–H and O–H groups in total. The highest BCUT2D eigenvalue weighted by Gasteiger charge is 2.28. The standard InChI is InChI=1S/C14H16F2N2O2S2/c1-4-9(2)11-8-21-14(17-11)18(3)22(19,20)12-7-5-6-10(15)13(12)16/h5-9H,4H2,1-3H3. The number of thiazole rings is 1. The van der Waals surface area contributed by atoms with Gasteiger partial charge in [-0.05, 0) is 24.5 Å². The first-order valence-corrected chi connectivity index (χ1v) is 8.99. The van der Waals surface area contributed by atoms with E-state index in [1.54, 1.807) is 5.38 Å². The number of nitrogens with zero attached hydrogens (tertiary/aromatic N) is 2. The zero-order valence-electron chi connectivity index (χ0n) is 12.4. The lowest BCUT2D eigenvalue weighted by Crippen LogP contribution is -2.27. The molecule has 1 unspecified atom stereocenters. The lowest BCUT2D eigenvalue weighted by Gasteiger charge is -2.17. The maximum Gasteiger partial charge on any atom is 0.268 e. The summed E-state index contributed by atoms with van der Waals surface area (Å²) in [5.74, 6) is -2.38. The molecule has 0 aliphatic rings. The van der Waals surface area contributed by atoms with Crippen LogP contribution in [0.3, 0.4) is 0 Å². The monoisotopic (exact) mass is 346 g/mol. The Bertz CT molecular complexity index is 775. The number of aromatic nitrogens is 1. The smallest absolute Gasteiger partial charge is 0.244 e. The minimum atomic E-state index is -4.20. The van der Waals surface area contributed by atoms with Crippen LogP contribution in [0.1, 0.15) is 31.9 Å². The summed E-state index contributed by atoms with van der Waals surface area (Å²) in [5, 5.41) is 2.00. The molecule has 1 aromatic heterocycles. The number of benzene rings is 1. The fraction of sp³-hybridized carbons (Fsp3) is 0.357. The molecule has 0 saturated carbocycles. The van der Waals surface area contributed by atoms with Crippen LogP contribution in [-0.4, -0.2) is 20.4 Å². The van der Waals surface area contributed by atoms with Crippen molar-refractivity contribution >= 4 is 26.5 Å². The molecule has 1 heterocycles. The van der Waals surface area contributed by atoms with Gasteiger partial charge in [-0.1, -0.05) is 19.9 Å². The molecule has 8 heteroatoms. The van der Waals surface area contributed by atoms with Crippen LogP contribution >= 0.6 is 11.3 Å². The highest BCUT2D eigenvalue weighted by atomic mass is 32.2. The third kappa shape index (κ3) is 2.98. The van der Waals surface area contributed by atoms with Crippen molar-refractivity contribution in [1.82, 2.24) is 4.98 Å². The SMILES string of the molecule is CCC(C)c1csc(N(C)S(=O)(=O)c2cccc(F)c2F)n1. The van der Waals surface area contributed by atoms with E-state index in [1.807, 2.05) is 13.8 Å². The van der Waals surface area contributed by atoms with Crippen molar-refractivity contribution in [2.45, 2.75) is 31.1 Å². The Kier molecular flexibility index (Phi) is 4.81. The van der Waals surface area contributed by atoms with E-state index in [-0.39, 0.29) is 11.0 Å². The maximum atomic E-state index is 13.8. The molecule has 0 amide bonds. The number of hydrogen-bond acceptors (Lipinski definition) is 4. The molecule has 0 aliphatic carbocycles. The van der Waals surface area contributed by atoms with E-state index in [0.717, 1.165) is 46.0 Å². The molecular weight excluding hydrogens is 330 g/mol. The van der Waals surface area contributed by atoms with E-state index in [2.05, 4.69) is 4.98 Å². The average molecular weight is 346 g/mol. The summed E-state index contributed by atoms with van der Waals surface area (Å²) >= 11 is 1.15. The number of hydrogen-bond donors (Lipinski definition) is 0. The van der Waals surface area contributed by atoms with Crippen molar-refractivity contribution < 1.29 is 17.2 Å². The van der Waals surface area contributed by atoms with Gasteiger partial charge in [-0.25, -0.2) is 26.5 Å². The summed E-state index contributed by atoms with van der Waals surface area (Å²) < 4.78 is 52.8. The number of sulfonamides is 1. The van der Waals surface area contributed by atoms with E-state index in [4.69, 9.17) is 0 Å². The Balaban J connectivity index is 2.41. The summed E-state index contributed by atoms with van der Waals surface area (Å²) in [6, 6.07) is 3.07. The third-order valence-corrected chi connectivity index (χ3v) is 6.27. The molecule has 0 radical (unpaired) electrons. The predicted octanol–water partition coefficient (Wildman–Crippen LogP) is 3.76. The van der Waals surface area contributed by atoms with Gasteiger partial charge in [-0.3, -0.25) is 0 Å². The van der Waals surface area contributed by atoms with E-state index in [1.165, 1.54) is 7.05 Å². The molecule has 1 atom stereocenters. The Morgan fingerprint density at radius 1 is 1.36 bits per heavy atom. The van der Waals surface area contributed by atoms with E-state index >= 15 is 0 Å². The van der Waals surface area contributed by atoms with Crippen LogP contribution in [0.15, 0.2) is 28.5 Å². The van der Waals surface area contributed by atoms with E-state index < -0.39 is 26.6 Å². The van der Waals surface area contributed by atoms with Gasteiger partial charge < -0.3 is 0 Å². The van der Waals surface area contributed by atoms with Gasteiger partial charge in [0.05, 0.1) is 5.69 Å². The van der Waals surface area contributed by atoms with Crippen LogP contribution in [0.4, 0.5) is 13.9 Å². The summed E-state index contributed by atoms with van der Waals surface area (Å²) in [4.78, 5) is 3.58. The molecule has 4 nitrogen and oxygen atoms in total. The van der Waals surface area contributed by atoms with Crippen molar-refractivity contribution in [3.05, 3.63) is 40.9 Å². The predicted molar refractivity (Wildman–Crippen MR) is 82.8 cm³/mol. The normalized spacial score (nSPS) is 13.1. The highest BCUT2D eigenvalue weighted by Crippen LogP contribution is 2.30. The first kappa shape index (κ1) is 16.8. The van der Waals surface area contributed by atoms with Crippen LogP contribution in [-0.2, 0) is 10.0 Å². The van der Waals surface area contributed by atoms with Gasteiger partial charge in [-0.15, -0.1) is 11.3 Å². The summed E-state index contributed by atoms with van der Waals surface area (Å²) in [6.07, 6.45) is 0.873. The minimum absolute atomic E-state index is 0.201. The maximum absolute atomic E-state index is 13.8. The summed E-state index contributed by atoms with van der Waals surface area (Å²) in [7, 11) is -2.92. The first-order chi connectivity index (χ1) is 10.3. The lowest BCUT2D eigenvalue weighted by atomic mass is 10.1. The quantitative estimate of drug-likeness (QED) is 0.828. The molecule has 0 spiro atoms. The molecule has 120 valence electrons. The van der Waals surface area contributed by atoms with Gasteiger partial charge in [0.15, 0.2) is 16.8 Å². The zero-order valence-corrected chi connectivity index (χ0v) is 14.0. The van der Waals surface area contributed by atoms with Crippen molar-refractivity contribution in [3.8, 4) is 0 Å². The second-order valence-corrected chi connectivity index (χ2v) is 7.66. The summed E-state index contributed by atoms with van der Waals surface area (Å²) in [5.41, 5.74) is 0.782. The van der Waals surface area contributed by atoms with Crippen LogP contribution in [0.2, 0.25) is 0 Å². The number of anilines is 1. The molecule has 0 saturated heterocycles. The Morgan fingerprint density at radius 2 is 2.05 bits per heavy atom. The molecule has 22 heavy (non-hydrogen) atoms. The Hall–Kier alpha value is -1.54. The fourth-order valence-corrected chi connectivity index (χ4v) is 4.15. The van der Waals surface area contributed by atoms with Crippen molar-refractivity contribution in [2.24, 2.45) is 0 Å². The molecular formula is C14H16F2N2O2S2. The third-order valence-electron chi connectivity index (χ3n) is 3.45. The van der Waals surface area contributed by atoms with Gasteiger partial charge in [0, 0.05) is 12.4 Å². The molecule has 2 aromatic rings. The van der Waals surface area contributed by atoms with Crippen molar-refractivity contribution in [1.29, 1.82) is 0 Å². The number of halogens is 2. The van der Waals surface area contributed by atoms with Crippen LogP contribution in [0.5, 0.6) is 0 Å². The van der Waals surface area contributed by atoms with Crippen LogP contribution in [0, 0.1) is 11.6 Å². The first-order valence-electron chi connectivity index (χ1n) is 6.67. The van der Waals surface area contributed by atoms with Crippen molar-refractivity contribution in [2.75, 3.05) is 11.4 Å². The zero-order chi connectivity index (χ0) is 16.5. The van der Waals surface area contributed by atoms with Gasteiger partial charge >= 0.3 is 0 Å². The topological polar surface area (TPSA) is 50.3 Å². The summed E-state index contributed by atoms with van der Waals surface area (Å²) in [6.45, 7) is 3.99. The second-order valence-electron chi connectivity index (χ2n) is 4.89. The average Bonchev–Trinajstić information content (AvgIpc) is 2.97. The molecule has 0 aliphatic heterocycles. The van der Waals surface area contributed by atoms with Crippen LogP contribution in [0.25, 0.3) is 0 Å².